The summed E-state index contributed by atoms with van der Waals surface area (Å²) < 4.78 is 2.50. The fraction of sp³-hybridized carbons (Fsp3) is 0.0870. The Hall–Kier alpha value is -12.3. The first-order valence-electron chi connectivity index (χ1n) is 33.9. The van der Waals surface area contributed by atoms with Gasteiger partial charge in [0.15, 0.2) is 34.9 Å². The fourth-order valence-electron chi connectivity index (χ4n) is 13.5. The molecule has 0 aliphatic rings. The molecule has 0 atom stereocenters. The number of benzene rings is 13. The molecule has 0 fully saturated rings. The molecule has 0 radical (unpaired) electrons. The standard InChI is InChI=1S/C92H71N7/c1-91(2,3)76-56-79(66-42-28-44-68(48-66)87-93-85(64-38-22-11-23-39-64)95-89(97-87)74-52-70(60-30-14-7-15-31-60)50-71(53-74)61-32-16-8-17-33-61)83-81(58-76)82-59-77(92(4,5)6)57-80(84(82)99(83)78-46-26-13-27-47-78)67-43-29-45-69(49-67)88-94-86(65-40-24-12-25-41-65)96-90(98-88)75-54-72(62-34-18-9-19-35-62)51-73(55-75)63-36-20-10-21-37-63/h7-59H,1-6H3. The van der Waals surface area contributed by atoms with Crippen molar-refractivity contribution in [2.75, 3.05) is 0 Å². The van der Waals surface area contributed by atoms with E-state index in [1.165, 1.54) is 11.1 Å². The highest BCUT2D eigenvalue weighted by molar-refractivity contribution is 6.18. The molecule has 16 rings (SSSR count). The number of fused-ring (bicyclic) bond motifs is 3. The van der Waals surface area contributed by atoms with Gasteiger partial charge in [-0.05, 0) is 163 Å². The van der Waals surface area contributed by atoms with Crippen molar-refractivity contribution in [1.82, 2.24) is 34.5 Å². The number of aromatic nitrogens is 7. The minimum absolute atomic E-state index is 0.227. The number of hydrogen-bond acceptors (Lipinski definition) is 6. The Morgan fingerprint density at radius 1 is 0.202 bits per heavy atom. The first-order chi connectivity index (χ1) is 48.3. The van der Waals surface area contributed by atoms with E-state index in [4.69, 9.17) is 29.9 Å². The lowest BCUT2D eigenvalue weighted by molar-refractivity contribution is 0.590. The van der Waals surface area contributed by atoms with Crippen molar-refractivity contribution in [3.05, 3.63) is 333 Å². The third kappa shape index (κ3) is 12.4. The SMILES string of the molecule is CC(C)(C)c1cc(-c2cccc(-c3nc(-c4ccccc4)nc(-c4cc(-c5ccccc5)cc(-c5ccccc5)c4)n3)c2)c2c(c1)c1cc(C(C)(C)C)cc(-c3cccc(-c4nc(-c5ccccc5)nc(-c5cc(-c6ccccc6)cc(-c6ccccc6)c5)n4)c3)c1n2-c1ccccc1. The normalized spacial score (nSPS) is 11.7. The molecule has 16 aromatic rings. The minimum Gasteiger partial charge on any atom is -0.308 e. The van der Waals surface area contributed by atoms with Gasteiger partial charge in [-0.2, -0.15) is 0 Å². The Balaban J connectivity index is 0.903. The van der Waals surface area contributed by atoms with E-state index >= 15 is 0 Å². The third-order valence-corrected chi connectivity index (χ3v) is 18.7. The summed E-state index contributed by atoms with van der Waals surface area (Å²) in [6.07, 6.45) is 0. The zero-order valence-corrected chi connectivity index (χ0v) is 56.2. The highest BCUT2D eigenvalue weighted by Gasteiger charge is 2.28. The molecular formula is C92H71N7. The molecule has 13 aromatic carbocycles. The lowest BCUT2D eigenvalue weighted by Crippen LogP contribution is -2.11. The molecule has 0 saturated carbocycles. The summed E-state index contributed by atoms with van der Waals surface area (Å²) in [6, 6.07) is 114. The third-order valence-electron chi connectivity index (χ3n) is 18.7. The molecule has 0 bridgehead atoms. The predicted octanol–water partition coefficient (Wildman–Crippen LogP) is 23.8. The predicted molar refractivity (Wildman–Crippen MR) is 410 cm³/mol. The van der Waals surface area contributed by atoms with E-state index in [-0.39, 0.29) is 10.8 Å². The van der Waals surface area contributed by atoms with Crippen LogP contribution >= 0.6 is 0 Å². The van der Waals surface area contributed by atoms with Crippen LogP contribution in [0.5, 0.6) is 0 Å². The van der Waals surface area contributed by atoms with Crippen molar-refractivity contribution < 1.29 is 0 Å². The first kappa shape index (κ1) is 61.5. The molecule has 7 heteroatoms. The molecular weight excluding hydrogens is 1200 g/mol. The summed E-state index contributed by atoms with van der Waals surface area (Å²) in [5, 5.41) is 2.32. The van der Waals surface area contributed by atoms with E-state index in [1.54, 1.807) is 0 Å². The zero-order chi connectivity index (χ0) is 67.2. The molecule has 7 nitrogen and oxygen atoms in total. The van der Waals surface area contributed by atoms with Gasteiger partial charge in [0.05, 0.1) is 11.0 Å². The number of para-hydroxylation sites is 1. The Morgan fingerprint density at radius 3 is 0.737 bits per heavy atom. The highest BCUT2D eigenvalue weighted by Crippen LogP contribution is 2.47. The summed E-state index contributed by atoms with van der Waals surface area (Å²) in [7, 11) is 0. The monoisotopic (exact) mass is 1270 g/mol. The lowest BCUT2D eigenvalue weighted by atomic mass is 9.82. The van der Waals surface area contributed by atoms with Crippen LogP contribution in [-0.2, 0) is 10.8 Å². The van der Waals surface area contributed by atoms with Crippen LogP contribution < -0.4 is 0 Å². The second-order valence-corrected chi connectivity index (χ2v) is 27.6. The molecule has 0 amide bonds. The van der Waals surface area contributed by atoms with Gasteiger partial charge in [-0.25, -0.2) is 29.9 Å². The summed E-state index contributed by atoms with van der Waals surface area (Å²) in [4.78, 5) is 32.2. The quantitative estimate of drug-likeness (QED) is 0.114. The molecule has 3 aromatic heterocycles. The molecule has 0 unspecified atom stereocenters. The van der Waals surface area contributed by atoms with Crippen molar-refractivity contribution in [2.24, 2.45) is 0 Å². The second-order valence-electron chi connectivity index (χ2n) is 27.6. The summed E-state index contributed by atoms with van der Waals surface area (Å²) >= 11 is 0. The van der Waals surface area contributed by atoms with Gasteiger partial charge in [0.25, 0.3) is 0 Å². The topological polar surface area (TPSA) is 82.3 Å². The Bertz CT molecular complexity index is 5200. The Morgan fingerprint density at radius 2 is 0.434 bits per heavy atom. The smallest absolute Gasteiger partial charge is 0.164 e. The maximum absolute atomic E-state index is 5.46. The second kappa shape index (κ2) is 25.7. The number of nitrogens with zero attached hydrogens (tertiary/aromatic N) is 7. The van der Waals surface area contributed by atoms with Gasteiger partial charge in [-0.1, -0.05) is 278 Å². The lowest BCUT2D eigenvalue weighted by Gasteiger charge is -2.22. The largest absolute Gasteiger partial charge is 0.308 e. The van der Waals surface area contributed by atoms with Crippen molar-refractivity contribution in [3.63, 3.8) is 0 Å². The van der Waals surface area contributed by atoms with Crippen LogP contribution in [0.25, 0.3) is 163 Å². The van der Waals surface area contributed by atoms with Crippen LogP contribution in [0.15, 0.2) is 322 Å². The first-order valence-corrected chi connectivity index (χ1v) is 33.9. The van der Waals surface area contributed by atoms with Crippen LogP contribution in [0.3, 0.4) is 0 Å². The average Bonchev–Trinajstić information content (AvgIpc) is 1.55. The van der Waals surface area contributed by atoms with E-state index in [0.29, 0.717) is 34.9 Å². The summed E-state index contributed by atoms with van der Waals surface area (Å²) in [5.74, 6) is 3.53. The van der Waals surface area contributed by atoms with E-state index in [9.17, 15) is 0 Å². The minimum atomic E-state index is -0.227. The molecule has 0 aliphatic heterocycles. The van der Waals surface area contributed by atoms with E-state index in [2.05, 4.69) is 331 Å². The highest BCUT2D eigenvalue weighted by atomic mass is 15.0. The number of hydrogen-bond donors (Lipinski definition) is 0. The average molecular weight is 1270 g/mol. The maximum Gasteiger partial charge on any atom is 0.164 e. The van der Waals surface area contributed by atoms with Crippen LogP contribution in [0.4, 0.5) is 0 Å². The maximum atomic E-state index is 5.46. The summed E-state index contributed by atoms with van der Waals surface area (Å²) in [5.41, 5.74) is 23.6. The molecule has 0 spiro atoms. The van der Waals surface area contributed by atoms with Crippen molar-refractivity contribution in [3.8, 4) is 141 Å². The van der Waals surface area contributed by atoms with E-state index in [1.807, 2.05) is 36.4 Å². The van der Waals surface area contributed by atoms with Crippen LogP contribution in [0, 0.1) is 0 Å². The van der Waals surface area contributed by atoms with Gasteiger partial charge in [0.1, 0.15) is 0 Å². The zero-order valence-electron chi connectivity index (χ0n) is 56.2. The van der Waals surface area contributed by atoms with Gasteiger partial charge in [0, 0.05) is 61.0 Å². The number of rotatable bonds is 13. The molecule has 0 N–H and O–H groups in total. The van der Waals surface area contributed by atoms with Crippen molar-refractivity contribution in [1.29, 1.82) is 0 Å². The van der Waals surface area contributed by atoms with E-state index in [0.717, 1.165) is 128 Å². The van der Waals surface area contributed by atoms with Crippen molar-refractivity contribution in [2.45, 2.75) is 52.4 Å². The van der Waals surface area contributed by atoms with Gasteiger partial charge in [0.2, 0.25) is 0 Å². The van der Waals surface area contributed by atoms with Crippen LogP contribution in [0.2, 0.25) is 0 Å². The molecule has 0 saturated heterocycles. The van der Waals surface area contributed by atoms with Gasteiger partial charge in [-0.3, -0.25) is 0 Å². The van der Waals surface area contributed by atoms with Gasteiger partial charge >= 0.3 is 0 Å². The van der Waals surface area contributed by atoms with Crippen LogP contribution in [0.1, 0.15) is 52.7 Å². The van der Waals surface area contributed by atoms with Crippen molar-refractivity contribution >= 4 is 21.8 Å². The molecule has 474 valence electrons. The fourth-order valence-corrected chi connectivity index (χ4v) is 13.5. The molecule has 99 heavy (non-hydrogen) atoms. The Kier molecular flexibility index (Phi) is 16.0. The van der Waals surface area contributed by atoms with Crippen LogP contribution in [-0.4, -0.2) is 34.5 Å². The molecule has 0 aliphatic carbocycles. The van der Waals surface area contributed by atoms with Gasteiger partial charge < -0.3 is 4.57 Å². The van der Waals surface area contributed by atoms with E-state index < -0.39 is 0 Å². The van der Waals surface area contributed by atoms with Gasteiger partial charge in [-0.15, -0.1) is 0 Å². The molecule has 3 heterocycles. The Labute approximate surface area is 578 Å². The summed E-state index contributed by atoms with van der Waals surface area (Å²) in [6.45, 7) is 13.9.